The smallest absolute Gasteiger partial charge is 0.304 e. The average molecular weight is 372 g/mol. The second-order valence-corrected chi connectivity index (χ2v) is 8.36. The molecule has 0 atom stereocenters. The first-order valence-corrected chi connectivity index (χ1v) is 9.01. The van der Waals surface area contributed by atoms with E-state index in [-0.39, 0.29) is 24.4 Å². The summed E-state index contributed by atoms with van der Waals surface area (Å²) in [6, 6.07) is 10.3. The number of fused-ring (bicyclic) bond motifs is 1. The van der Waals surface area contributed by atoms with Gasteiger partial charge in [-0.1, -0.05) is 26.0 Å². The molecule has 2 aromatic carbocycles. The van der Waals surface area contributed by atoms with Crippen LogP contribution < -0.4 is 9.47 Å². The van der Waals surface area contributed by atoms with E-state index in [1.54, 1.807) is 0 Å². The Bertz CT molecular complexity index is 853. The highest BCUT2D eigenvalue weighted by atomic mass is 19.1. The maximum absolute atomic E-state index is 13.9. The van der Waals surface area contributed by atoms with Crippen LogP contribution in [0, 0.1) is 5.82 Å². The molecular weight excluding hydrogens is 347 g/mol. The molecule has 1 heterocycles. The summed E-state index contributed by atoms with van der Waals surface area (Å²) < 4.78 is 25.7. The van der Waals surface area contributed by atoms with Crippen molar-refractivity contribution >= 4 is 5.97 Å². The number of carboxylic acids is 1. The molecule has 0 aromatic heterocycles. The summed E-state index contributed by atoms with van der Waals surface area (Å²) in [6.45, 7) is 7.95. The lowest BCUT2D eigenvalue weighted by atomic mass is 9.82. The Balaban J connectivity index is 1.73. The molecule has 0 bridgehead atoms. The monoisotopic (exact) mass is 372 g/mol. The van der Waals surface area contributed by atoms with Gasteiger partial charge in [0.25, 0.3) is 0 Å². The molecule has 0 unspecified atom stereocenters. The highest BCUT2D eigenvalue weighted by molar-refractivity contribution is 5.68. The van der Waals surface area contributed by atoms with Crippen molar-refractivity contribution in [3.63, 3.8) is 0 Å². The number of halogens is 1. The van der Waals surface area contributed by atoms with E-state index in [1.807, 2.05) is 52.0 Å². The fourth-order valence-electron chi connectivity index (χ4n) is 3.50. The SMILES string of the molecule is CC1(C)Cc2cc(F)cc(COc3ccc(C(C)(C)CC(=O)O)cc3)c2O1. The Labute approximate surface area is 158 Å². The Morgan fingerprint density at radius 3 is 2.56 bits per heavy atom. The van der Waals surface area contributed by atoms with E-state index >= 15 is 0 Å². The molecule has 1 aliphatic heterocycles. The summed E-state index contributed by atoms with van der Waals surface area (Å²) in [4.78, 5) is 11.0. The van der Waals surface area contributed by atoms with Crippen LogP contribution in [-0.2, 0) is 23.2 Å². The highest BCUT2D eigenvalue weighted by Gasteiger charge is 2.32. The summed E-state index contributed by atoms with van der Waals surface area (Å²) in [7, 11) is 0. The molecule has 0 spiro atoms. The van der Waals surface area contributed by atoms with Crippen molar-refractivity contribution in [3.8, 4) is 11.5 Å². The second kappa shape index (κ2) is 6.87. The van der Waals surface area contributed by atoms with Crippen LogP contribution in [0.4, 0.5) is 4.39 Å². The molecule has 0 amide bonds. The topological polar surface area (TPSA) is 55.8 Å². The number of benzene rings is 2. The van der Waals surface area contributed by atoms with Crippen molar-refractivity contribution in [3.05, 3.63) is 58.9 Å². The molecule has 1 N–H and O–H groups in total. The van der Waals surface area contributed by atoms with Gasteiger partial charge in [-0.25, -0.2) is 4.39 Å². The van der Waals surface area contributed by atoms with Gasteiger partial charge in [0.1, 0.15) is 29.5 Å². The van der Waals surface area contributed by atoms with Crippen LogP contribution in [0.2, 0.25) is 0 Å². The van der Waals surface area contributed by atoms with Crippen LogP contribution in [0.25, 0.3) is 0 Å². The minimum Gasteiger partial charge on any atom is -0.489 e. The second-order valence-electron chi connectivity index (χ2n) is 8.36. The van der Waals surface area contributed by atoms with Crippen LogP contribution in [0.3, 0.4) is 0 Å². The van der Waals surface area contributed by atoms with Crippen molar-refractivity contribution in [1.82, 2.24) is 0 Å². The summed E-state index contributed by atoms with van der Waals surface area (Å²) in [6.07, 6.45) is 0.718. The summed E-state index contributed by atoms with van der Waals surface area (Å²) in [5.74, 6) is 0.225. The van der Waals surface area contributed by atoms with Gasteiger partial charge in [0.05, 0.1) is 6.42 Å². The first-order valence-electron chi connectivity index (χ1n) is 9.01. The molecule has 5 heteroatoms. The number of hydrogen-bond donors (Lipinski definition) is 1. The normalized spacial score (nSPS) is 15.1. The number of carboxylic acid groups (broad SMARTS) is 1. The molecule has 27 heavy (non-hydrogen) atoms. The van der Waals surface area contributed by atoms with Crippen molar-refractivity contribution in [1.29, 1.82) is 0 Å². The quantitative estimate of drug-likeness (QED) is 0.786. The summed E-state index contributed by atoms with van der Waals surface area (Å²) in [5, 5.41) is 9.04. The highest BCUT2D eigenvalue weighted by Crippen LogP contribution is 2.39. The molecule has 0 radical (unpaired) electrons. The Morgan fingerprint density at radius 1 is 1.26 bits per heavy atom. The van der Waals surface area contributed by atoms with Crippen LogP contribution in [0.1, 0.15) is 50.8 Å². The van der Waals surface area contributed by atoms with E-state index in [4.69, 9.17) is 14.6 Å². The molecule has 4 nitrogen and oxygen atoms in total. The molecule has 0 fully saturated rings. The summed E-state index contributed by atoms with van der Waals surface area (Å²) in [5.41, 5.74) is 1.67. The zero-order valence-electron chi connectivity index (χ0n) is 16.1. The zero-order valence-corrected chi connectivity index (χ0v) is 16.1. The molecule has 0 saturated carbocycles. The predicted molar refractivity (Wildman–Crippen MR) is 101 cm³/mol. The molecular formula is C22H25FO4. The maximum atomic E-state index is 13.9. The van der Waals surface area contributed by atoms with Gasteiger partial charge in [0.2, 0.25) is 0 Å². The van der Waals surface area contributed by atoms with E-state index in [2.05, 4.69) is 0 Å². The summed E-state index contributed by atoms with van der Waals surface area (Å²) >= 11 is 0. The maximum Gasteiger partial charge on any atom is 0.304 e. The zero-order chi connectivity index (χ0) is 19.8. The lowest BCUT2D eigenvalue weighted by Gasteiger charge is -2.23. The number of aliphatic carboxylic acids is 1. The van der Waals surface area contributed by atoms with E-state index in [0.717, 1.165) is 11.1 Å². The Hall–Kier alpha value is -2.56. The molecule has 1 aliphatic rings. The first-order chi connectivity index (χ1) is 12.6. The van der Waals surface area contributed by atoms with E-state index in [0.29, 0.717) is 23.5 Å². The first kappa shape index (κ1) is 19.2. The average Bonchev–Trinajstić information content (AvgIpc) is 2.85. The largest absolute Gasteiger partial charge is 0.489 e. The Morgan fingerprint density at radius 2 is 1.93 bits per heavy atom. The number of rotatable bonds is 6. The third-order valence-corrected chi connectivity index (χ3v) is 4.83. The van der Waals surface area contributed by atoms with Gasteiger partial charge >= 0.3 is 5.97 Å². The molecule has 0 saturated heterocycles. The lowest BCUT2D eigenvalue weighted by molar-refractivity contribution is -0.138. The molecule has 0 aliphatic carbocycles. The van der Waals surface area contributed by atoms with Gasteiger partial charge < -0.3 is 14.6 Å². The van der Waals surface area contributed by atoms with Gasteiger partial charge in [0, 0.05) is 23.0 Å². The lowest BCUT2D eigenvalue weighted by Crippen LogP contribution is -2.25. The van der Waals surface area contributed by atoms with Crippen molar-refractivity contribution < 1.29 is 23.8 Å². The third-order valence-electron chi connectivity index (χ3n) is 4.83. The van der Waals surface area contributed by atoms with Gasteiger partial charge in [0.15, 0.2) is 0 Å². The van der Waals surface area contributed by atoms with Gasteiger partial charge in [-0.3, -0.25) is 4.79 Å². The van der Waals surface area contributed by atoms with Crippen LogP contribution in [-0.4, -0.2) is 16.7 Å². The van der Waals surface area contributed by atoms with E-state index < -0.39 is 11.4 Å². The minimum atomic E-state index is -0.830. The Kier molecular flexibility index (Phi) is 4.89. The number of hydrogen-bond acceptors (Lipinski definition) is 3. The van der Waals surface area contributed by atoms with Crippen LogP contribution in [0.15, 0.2) is 36.4 Å². The predicted octanol–water partition coefficient (Wildman–Crippen LogP) is 4.87. The minimum absolute atomic E-state index is 0.0513. The molecule has 3 rings (SSSR count). The fourth-order valence-corrected chi connectivity index (χ4v) is 3.50. The van der Waals surface area contributed by atoms with Gasteiger partial charge in [-0.05, 0) is 43.7 Å². The fraction of sp³-hybridized carbons (Fsp3) is 0.409. The van der Waals surface area contributed by atoms with Gasteiger partial charge in [-0.15, -0.1) is 0 Å². The van der Waals surface area contributed by atoms with Crippen LogP contribution in [0.5, 0.6) is 11.5 Å². The standard InChI is InChI=1S/C22H25FO4/c1-21(2,12-19(24)25)16-5-7-18(8-6-16)26-13-15-10-17(23)9-14-11-22(3,4)27-20(14)15/h5-10H,11-13H2,1-4H3,(H,24,25). The number of carbonyl (C=O) groups is 1. The van der Waals surface area contributed by atoms with E-state index in [1.165, 1.54) is 12.1 Å². The van der Waals surface area contributed by atoms with Crippen molar-refractivity contribution in [2.75, 3.05) is 0 Å². The van der Waals surface area contributed by atoms with Gasteiger partial charge in [-0.2, -0.15) is 0 Å². The van der Waals surface area contributed by atoms with Crippen molar-refractivity contribution in [2.45, 2.75) is 58.2 Å². The van der Waals surface area contributed by atoms with E-state index in [9.17, 15) is 9.18 Å². The molecule has 144 valence electrons. The van der Waals surface area contributed by atoms with Crippen molar-refractivity contribution in [2.24, 2.45) is 0 Å². The third kappa shape index (κ3) is 4.41. The molecule has 2 aromatic rings. The number of ether oxygens (including phenoxy) is 2. The van der Waals surface area contributed by atoms with Crippen LogP contribution >= 0.6 is 0 Å².